The Morgan fingerprint density at radius 2 is 1.77 bits per heavy atom. The third kappa shape index (κ3) is 5.69. The third-order valence-corrected chi connectivity index (χ3v) is 3.24. The third-order valence-electron chi connectivity index (χ3n) is 2.68. The van der Waals surface area contributed by atoms with E-state index in [1.165, 1.54) is 51.4 Å². The largest absolute Gasteiger partial charge is 0.378 e. The first-order valence-electron chi connectivity index (χ1n) is 5.61. The molecule has 0 aromatic heterocycles. The molecule has 1 rings (SSSR count). The molecular weight excluding hydrogens is 228 g/mol. The fourth-order valence-corrected chi connectivity index (χ4v) is 2.25. The van der Waals surface area contributed by atoms with E-state index in [2.05, 4.69) is 15.9 Å². The maximum Gasteiger partial charge on any atom is 0.0575 e. The van der Waals surface area contributed by atoms with E-state index in [0.717, 1.165) is 11.9 Å². The van der Waals surface area contributed by atoms with Crippen molar-refractivity contribution in [1.29, 1.82) is 0 Å². The lowest BCUT2D eigenvalue weighted by atomic mass is 9.98. The van der Waals surface area contributed by atoms with E-state index in [1.54, 1.807) is 0 Å². The average molecular weight is 249 g/mol. The molecular formula is C11H21BrO. The van der Waals surface area contributed by atoms with Crippen LogP contribution in [0.5, 0.6) is 0 Å². The lowest BCUT2D eigenvalue weighted by molar-refractivity contribution is 0.0265. The number of unbranched alkanes of at least 4 members (excludes halogenated alkanes) is 2. The van der Waals surface area contributed by atoms with Gasteiger partial charge in [-0.25, -0.2) is 0 Å². The zero-order valence-electron chi connectivity index (χ0n) is 8.43. The maximum absolute atomic E-state index is 5.81. The highest BCUT2D eigenvalue weighted by atomic mass is 79.9. The van der Waals surface area contributed by atoms with E-state index in [9.17, 15) is 0 Å². The monoisotopic (exact) mass is 248 g/mol. The van der Waals surface area contributed by atoms with Crippen molar-refractivity contribution in [3.05, 3.63) is 0 Å². The highest BCUT2D eigenvalue weighted by molar-refractivity contribution is 9.09. The second kappa shape index (κ2) is 7.81. The van der Waals surface area contributed by atoms with Crippen LogP contribution in [0.15, 0.2) is 0 Å². The molecule has 0 amide bonds. The van der Waals surface area contributed by atoms with Crippen LogP contribution >= 0.6 is 15.9 Å². The Labute approximate surface area is 90.4 Å². The van der Waals surface area contributed by atoms with Gasteiger partial charge in [0.15, 0.2) is 0 Å². The molecule has 1 saturated carbocycles. The zero-order chi connectivity index (χ0) is 9.36. The standard InChI is InChI=1S/C11H21BrO/c12-9-5-2-6-10-13-11-7-3-1-4-8-11/h11H,1-10H2. The normalized spacial score (nSPS) is 19.2. The molecule has 0 aromatic rings. The fourth-order valence-electron chi connectivity index (χ4n) is 1.86. The second-order valence-electron chi connectivity index (χ2n) is 3.88. The first kappa shape index (κ1) is 11.5. The Hall–Kier alpha value is 0.440. The quantitative estimate of drug-likeness (QED) is 0.512. The van der Waals surface area contributed by atoms with Gasteiger partial charge in [-0.3, -0.25) is 0 Å². The summed E-state index contributed by atoms with van der Waals surface area (Å²) in [4.78, 5) is 0. The SMILES string of the molecule is BrCCCCCOC1CCCCC1. The Morgan fingerprint density at radius 3 is 2.46 bits per heavy atom. The molecule has 0 N–H and O–H groups in total. The van der Waals surface area contributed by atoms with Gasteiger partial charge in [0.05, 0.1) is 6.10 Å². The molecule has 0 unspecified atom stereocenters. The zero-order valence-corrected chi connectivity index (χ0v) is 10.0. The van der Waals surface area contributed by atoms with Crippen molar-refractivity contribution in [1.82, 2.24) is 0 Å². The van der Waals surface area contributed by atoms with Crippen LogP contribution in [0.25, 0.3) is 0 Å². The van der Waals surface area contributed by atoms with Crippen molar-refractivity contribution in [2.75, 3.05) is 11.9 Å². The van der Waals surface area contributed by atoms with Crippen LogP contribution in [-0.4, -0.2) is 18.0 Å². The van der Waals surface area contributed by atoms with Gasteiger partial charge in [0.2, 0.25) is 0 Å². The van der Waals surface area contributed by atoms with Gasteiger partial charge in [-0.2, -0.15) is 0 Å². The van der Waals surface area contributed by atoms with Gasteiger partial charge in [0.25, 0.3) is 0 Å². The number of ether oxygens (including phenoxy) is 1. The second-order valence-corrected chi connectivity index (χ2v) is 4.67. The van der Waals surface area contributed by atoms with Crippen molar-refractivity contribution in [3.63, 3.8) is 0 Å². The molecule has 1 nitrogen and oxygen atoms in total. The van der Waals surface area contributed by atoms with Crippen molar-refractivity contribution in [2.24, 2.45) is 0 Å². The summed E-state index contributed by atoms with van der Waals surface area (Å²) in [5, 5.41) is 1.14. The number of alkyl halides is 1. The predicted octanol–water partition coefficient (Wildman–Crippen LogP) is 3.90. The van der Waals surface area contributed by atoms with E-state index in [4.69, 9.17) is 4.74 Å². The Kier molecular flexibility index (Phi) is 6.92. The van der Waals surface area contributed by atoms with Gasteiger partial charge in [0.1, 0.15) is 0 Å². The van der Waals surface area contributed by atoms with Crippen molar-refractivity contribution >= 4 is 15.9 Å². The van der Waals surface area contributed by atoms with Gasteiger partial charge in [-0.1, -0.05) is 41.6 Å². The Morgan fingerprint density at radius 1 is 1.00 bits per heavy atom. The fraction of sp³-hybridized carbons (Fsp3) is 1.00. The van der Waals surface area contributed by atoms with Crippen molar-refractivity contribution < 1.29 is 4.74 Å². The molecule has 0 aliphatic heterocycles. The van der Waals surface area contributed by atoms with Crippen LogP contribution in [0.2, 0.25) is 0 Å². The topological polar surface area (TPSA) is 9.23 Å². The number of rotatable bonds is 6. The molecule has 1 aliphatic carbocycles. The molecule has 78 valence electrons. The Balaban J connectivity index is 1.86. The molecule has 0 saturated heterocycles. The summed E-state index contributed by atoms with van der Waals surface area (Å²) in [5.41, 5.74) is 0. The van der Waals surface area contributed by atoms with Gasteiger partial charge in [-0.05, 0) is 25.7 Å². The summed E-state index contributed by atoms with van der Waals surface area (Å²) in [7, 11) is 0. The minimum Gasteiger partial charge on any atom is -0.378 e. The summed E-state index contributed by atoms with van der Waals surface area (Å²) in [6, 6.07) is 0. The van der Waals surface area contributed by atoms with E-state index in [0.29, 0.717) is 6.10 Å². The van der Waals surface area contributed by atoms with Crippen molar-refractivity contribution in [3.8, 4) is 0 Å². The average Bonchev–Trinajstić information content (AvgIpc) is 2.19. The van der Waals surface area contributed by atoms with Crippen LogP contribution < -0.4 is 0 Å². The van der Waals surface area contributed by atoms with Crippen LogP contribution in [0.1, 0.15) is 51.4 Å². The van der Waals surface area contributed by atoms with Crippen LogP contribution in [0.4, 0.5) is 0 Å². The molecule has 0 spiro atoms. The molecule has 1 fully saturated rings. The highest BCUT2D eigenvalue weighted by Crippen LogP contribution is 2.20. The minimum atomic E-state index is 0.595. The Bertz CT molecular complexity index is 111. The van der Waals surface area contributed by atoms with Crippen LogP contribution in [0.3, 0.4) is 0 Å². The number of halogens is 1. The molecule has 0 heterocycles. The molecule has 1 aliphatic rings. The van der Waals surface area contributed by atoms with Gasteiger partial charge in [-0.15, -0.1) is 0 Å². The summed E-state index contributed by atoms with van der Waals surface area (Å²) >= 11 is 3.44. The predicted molar refractivity (Wildman–Crippen MR) is 60.5 cm³/mol. The minimum absolute atomic E-state index is 0.595. The number of hydrogen-bond donors (Lipinski definition) is 0. The maximum atomic E-state index is 5.81. The van der Waals surface area contributed by atoms with Crippen LogP contribution in [-0.2, 0) is 4.74 Å². The smallest absolute Gasteiger partial charge is 0.0575 e. The first-order valence-corrected chi connectivity index (χ1v) is 6.73. The first-order chi connectivity index (χ1) is 6.43. The molecule has 0 radical (unpaired) electrons. The molecule has 0 bridgehead atoms. The summed E-state index contributed by atoms with van der Waals surface area (Å²) in [5.74, 6) is 0. The van der Waals surface area contributed by atoms with Crippen LogP contribution in [0, 0.1) is 0 Å². The van der Waals surface area contributed by atoms with E-state index in [1.807, 2.05) is 0 Å². The lowest BCUT2D eigenvalue weighted by Crippen LogP contribution is -2.17. The van der Waals surface area contributed by atoms with Gasteiger partial charge >= 0.3 is 0 Å². The molecule has 2 heteroatoms. The lowest BCUT2D eigenvalue weighted by Gasteiger charge is -2.21. The van der Waals surface area contributed by atoms with Gasteiger partial charge < -0.3 is 4.74 Å². The summed E-state index contributed by atoms with van der Waals surface area (Å²) in [6.45, 7) is 0.984. The van der Waals surface area contributed by atoms with E-state index >= 15 is 0 Å². The summed E-state index contributed by atoms with van der Waals surface area (Å²) < 4.78 is 5.81. The summed E-state index contributed by atoms with van der Waals surface area (Å²) in [6.07, 6.45) is 11.2. The number of hydrogen-bond acceptors (Lipinski definition) is 1. The van der Waals surface area contributed by atoms with Crippen molar-refractivity contribution in [2.45, 2.75) is 57.5 Å². The van der Waals surface area contributed by atoms with E-state index < -0.39 is 0 Å². The highest BCUT2D eigenvalue weighted by Gasteiger charge is 2.12. The molecule has 13 heavy (non-hydrogen) atoms. The van der Waals surface area contributed by atoms with E-state index in [-0.39, 0.29) is 0 Å². The van der Waals surface area contributed by atoms with Gasteiger partial charge in [0, 0.05) is 11.9 Å². The molecule has 0 aromatic carbocycles. The molecule has 0 atom stereocenters.